The lowest BCUT2D eigenvalue weighted by Gasteiger charge is -2.06. The molecule has 0 radical (unpaired) electrons. The van der Waals surface area contributed by atoms with E-state index in [1.807, 2.05) is 29.5 Å². The maximum atomic E-state index is 11.6. The van der Waals surface area contributed by atoms with Crippen molar-refractivity contribution >= 4 is 22.6 Å². The number of hydrogen-bond acceptors (Lipinski definition) is 3. The zero-order valence-corrected chi connectivity index (χ0v) is 11.8. The molecule has 0 atom stereocenters. The zero-order valence-electron chi connectivity index (χ0n) is 9.68. The van der Waals surface area contributed by atoms with Gasteiger partial charge in [0.25, 0.3) is 5.56 Å². The van der Waals surface area contributed by atoms with Crippen molar-refractivity contribution in [3.05, 3.63) is 25.4 Å². The maximum Gasteiger partial charge on any atom is 0.264 e. The summed E-state index contributed by atoms with van der Waals surface area (Å²) in [5.41, 5.74) is 0.816. The molecule has 4 nitrogen and oxygen atoms in total. The number of aromatic nitrogens is 2. The highest BCUT2D eigenvalue weighted by molar-refractivity contribution is 14.1. The van der Waals surface area contributed by atoms with Crippen LogP contribution in [0.15, 0.2) is 4.79 Å². The van der Waals surface area contributed by atoms with Gasteiger partial charge in [-0.15, -0.1) is 0 Å². The molecule has 1 aromatic heterocycles. The summed E-state index contributed by atoms with van der Waals surface area (Å²) in [4.78, 5) is 18.8. The lowest BCUT2D eigenvalue weighted by Crippen LogP contribution is -2.18. The minimum atomic E-state index is -0.0610. The number of halogens is 1. The van der Waals surface area contributed by atoms with Gasteiger partial charge in [0.05, 0.1) is 9.26 Å². The molecule has 0 saturated carbocycles. The fourth-order valence-corrected chi connectivity index (χ4v) is 1.87. The van der Waals surface area contributed by atoms with Crippen molar-refractivity contribution in [3.8, 4) is 0 Å². The second-order valence-electron chi connectivity index (χ2n) is 3.58. The molecular formula is C11H17IN2O2. The van der Waals surface area contributed by atoms with Crippen LogP contribution in [0, 0.1) is 3.57 Å². The molecule has 0 aliphatic heterocycles. The molecule has 1 aromatic rings. The van der Waals surface area contributed by atoms with E-state index in [9.17, 15) is 4.79 Å². The Morgan fingerprint density at radius 2 is 2.12 bits per heavy atom. The topological polar surface area (TPSA) is 55.0 Å². The van der Waals surface area contributed by atoms with Crippen molar-refractivity contribution in [1.82, 2.24) is 9.97 Å². The number of aryl methyl sites for hydroxylation is 1. The predicted octanol–water partition coefficient (Wildman–Crippen LogP) is 2.25. The van der Waals surface area contributed by atoms with E-state index in [1.54, 1.807) is 0 Å². The van der Waals surface area contributed by atoms with E-state index in [-0.39, 0.29) is 5.56 Å². The van der Waals surface area contributed by atoms with Crippen LogP contribution >= 0.6 is 22.6 Å². The minimum Gasteiger partial charge on any atom is -0.374 e. The summed E-state index contributed by atoms with van der Waals surface area (Å²) in [5, 5.41) is 0. The van der Waals surface area contributed by atoms with Gasteiger partial charge in [0.15, 0.2) is 0 Å². The third-order valence-corrected chi connectivity index (χ3v) is 3.17. The average Bonchev–Trinajstić information content (AvgIpc) is 2.26. The first-order valence-electron chi connectivity index (χ1n) is 5.54. The third kappa shape index (κ3) is 3.86. The number of nitrogens with one attached hydrogen (secondary N) is 1. The predicted molar refractivity (Wildman–Crippen MR) is 71.5 cm³/mol. The minimum absolute atomic E-state index is 0.0610. The Labute approximate surface area is 109 Å². The third-order valence-electron chi connectivity index (χ3n) is 2.05. The monoisotopic (exact) mass is 336 g/mol. The first-order chi connectivity index (χ1) is 7.69. The molecule has 1 heterocycles. The van der Waals surface area contributed by atoms with Crippen LogP contribution in [-0.2, 0) is 17.8 Å². The van der Waals surface area contributed by atoms with Crippen LogP contribution < -0.4 is 5.56 Å². The van der Waals surface area contributed by atoms with E-state index in [4.69, 9.17) is 4.74 Å². The van der Waals surface area contributed by atoms with Gasteiger partial charge < -0.3 is 9.72 Å². The Bertz CT molecular complexity index is 390. The van der Waals surface area contributed by atoms with Gasteiger partial charge in [0, 0.05) is 6.61 Å². The van der Waals surface area contributed by atoms with Crippen LogP contribution in [0.1, 0.15) is 38.2 Å². The molecule has 0 unspecified atom stereocenters. The molecule has 0 spiro atoms. The summed E-state index contributed by atoms with van der Waals surface area (Å²) in [6.45, 7) is 5.20. The fraction of sp³-hybridized carbons (Fsp3) is 0.636. The Hall–Kier alpha value is -0.430. The molecule has 1 N–H and O–H groups in total. The summed E-state index contributed by atoms with van der Waals surface area (Å²) < 4.78 is 6.06. The van der Waals surface area contributed by atoms with Gasteiger partial charge in [-0.25, -0.2) is 4.98 Å². The number of aromatic amines is 1. The Balaban J connectivity index is 2.82. The van der Waals surface area contributed by atoms with E-state index in [1.165, 1.54) is 0 Å². The SMILES string of the molecule is CCCOCc1nc(CCC)c(I)c(=O)[nH]1. The van der Waals surface area contributed by atoms with Crippen molar-refractivity contribution in [2.24, 2.45) is 0 Å². The Kier molecular flexibility index (Phi) is 5.97. The second kappa shape index (κ2) is 7.01. The first kappa shape index (κ1) is 13.6. The highest BCUT2D eigenvalue weighted by Crippen LogP contribution is 2.07. The fourth-order valence-electron chi connectivity index (χ4n) is 1.34. The summed E-state index contributed by atoms with van der Waals surface area (Å²) in [6.07, 6.45) is 2.79. The van der Waals surface area contributed by atoms with Gasteiger partial charge in [-0.1, -0.05) is 20.3 Å². The van der Waals surface area contributed by atoms with E-state index < -0.39 is 0 Å². The molecule has 0 aliphatic carbocycles. The van der Waals surface area contributed by atoms with Crippen LogP contribution in [0.5, 0.6) is 0 Å². The summed E-state index contributed by atoms with van der Waals surface area (Å²) in [6, 6.07) is 0. The van der Waals surface area contributed by atoms with Gasteiger partial charge in [0.2, 0.25) is 0 Å². The van der Waals surface area contributed by atoms with Crippen molar-refractivity contribution in [3.63, 3.8) is 0 Å². The van der Waals surface area contributed by atoms with E-state index in [2.05, 4.69) is 16.9 Å². The molecule has 0 saturated heterocycles. The van der Waals surface area contributed by atoms with Crippen molar-refractivity contribution < 1.29 is 4.74 Å². The van der Waals surface area contributed by atoms with Crippen molar-refractivity contribution in [2.75, 3.05) is 6.61 Å². The highest BCUT2D eigenvalue weighted by Gasteiger charge is 2.07. The molecule has 0 bridgehead atoms. The normalized spacial score (nSPS) is 10.7. The van der Waals surface area contributed by atoms with Crippen LogP contribution in [-0.4, -0.2) is 16.6 Å². The van der Waals surface area contributed by atoms with Crippen molar-refractivity contribution in [1.29, 1.82) is 0 Å². The molecule has 0 fully saturated rings. The second-order valence-corrected chi connectivity index (χ2v) is 4.65. The van der Waals surface area contributed by atoms with Gasteiger partial charge in [-0.05, 0) is 35.4 Å². The summed E-state index contributed by atoms with van der Waals surface area (Å²) in [5.74, 6) is 0.627. The van der Waals surface area contributed by atoms with E-state index >= 15 is 0 Å². The van der Waals surface area contributed by atoms with Crippen LogP contribution in [0.4, 0.5) is 0 Å². The summed E-state index contributed by atoms with van der Waals surface area (Å²) in [7, 11) is 0. The zero-order chi connectivity index (χ0) is 12.0. The quantitative estimate of drug-likeness (QED) is 0.640. The Morgan fingerprint density at radius 3 is 2.75 bits per heavy atom. The number of ether oxygens (including phenoxy) is 1. The highest BCUT2D eigenvalue weighted by atomic mass is 127. The first-order valence-corrected chi connectivity index (χ1v) is 6.62. The number of rotatable bonds is 6. The van der Waals surface area contributed by atoms with E-state index in [0.717, 1.165) is 25.0 Å². The number of hydrogen-bond donors (Lipinski definition) is 1. The van der Waals surface area contributed by atoms with Gasteiger partial charge in [-0.2, -0.15) is 0 Å². The molecule has 1 rings (SSSR count). The average molecular weight is 336 g/mol. The molecule has 90 valence electrons. The molecule has 0 aliphatic rings. The molecular weight excluding hydrogens is 319 g/mol. The van der Waals surface area contributed by atoms with Gasteiger partial charge >= 0.3 is 0 Å². The maximum absolute atomic E-state index is 11.6. The van der Waals surface area contributed by atoms with Crippen molar-refractivity contribution in [2.45, 2.75) is 39.7 Å². The van der Waals surface area contributed by atoms with Crippen LogP contribution in [0.25, 0.3) is 0 Å². The van der Waals surface area contributed by atoms with Gasteiger partial charge in [0.1, 0.15) is 12.4 Å². The lowest BCUT2D eigenvalue weighted by molar-refractivity contribution is 0.115. The van der Waals surface area contributed by atoms with Crippen LogP contribution in [0.3, 0.4) is 0 Å². The number of H-pyrrole nitrogens is 1. The smallest absolute Gasteiger partial charge is 0.264 e. The molecule has 0 amide bonds. The summed E-state index contributed by atoms with van der Waals surface area (Å²) >= 11 is 2.04. The molecule has 0 aromatic carbocycles. The lowest BCUT2D eigenvalue weighted by atomic mass is 10.2. The Morgan fingerprint density at radius 1 is 1.38 bits per heavy atom. The largest absolute Gasteiger partial charge is 0.374 e. The number of nitrogens with zero attached hydrogens (tertiary/aromatic N) is 1. The van der Waals surface area contributed by atoms with Crippen LogP contribution in [0.2, 0.25) is 0 Å². The van der Waals surface area contributed by atoms with E-state index in [0.29, 0.717) is 22.6 Å². The molecule has 16 heavy (non-hydrogen) atoms. The standard InChI is InChI=1S/C11H17IN2O2/c1-3-5-8-10(12)11(15)14-9(13-8)7-16-6-4-2/h3-7H2,1-2H3,(H,13,14,15). The molecule has 5 heteroatoms. The van der Waals surface area contributed by atoms with Gasteiger partial charge in [-0.3, -0.25) is 4.79 Å².